The molecular weight excluding hydrogens is 491 g/mol. The number of likely N-dealkylation sites (N-methyl/N-ethyl adjacent to an activating group) is 2. The van der Waals surface area contributed by atoms with Crippen molar-refractivity contribution in [2.45, 2.75) is 33.5 Å². The summed E-state index contributed by atoms with van der Waals surface area (Å²) in [7, 11) is 5.78. The van der Waals surface area contributed by atoms with Crippen LogP contribution in [-0.4, -0.2) is 70.4 Å². The number of nitrogens with zero attached hydrogens (tertiary/aromatic N) is 6. The quantitative estimate of drug-likeness (QED) is 0.333. The van der Waals surface area contributed by atoms with Crippen molar-refractivity contribution < 1.29 is 26.6 Å². The van der Waals surface area contributed by atoms with E-state index in [1.165, 1.54) is 6.20 Å². The van der Waals surface area contributed by atoms with Crippen LogP contribution in [0.5, 0.6) is 0 Å². The van der Waals surface area contributed by atoms with Crippen molar-refractivity contribution in [3.8, 4) is 0 Å². The summed E-state index contributed by atoms with van der Waals surface area (Å²) < 4.78 is 4.22. The van der Waals surface area contributed by atoms with Crippen LogP contribution in [0.3, 0.4) is 0 Å². The zero-order valence-electron chi connectivity index (χ0n) is 20.7. The van der Waals surface area contributed by atoms with Crippen molar-refractivity contribution in [2.24, 2.45) is 0 Å². The molecule has 0 atom stereocenters. The number of halogens is 2. The predicted octanol–water partition coefficient (Wildman–Crippen LogP) is -1.44. The van der Waals surface area contributed by atoms with Gasteiger partial charge in [0.25, 0.3) is 17.6 Å². The summed E-state index contributed by atoms with van der Waals surface area (Å²) in [4.78, 5) is 37.4. The van der Waals surface area contributed by atoms with Crippen LogP contribution in [0.4, 0.5) is 5.82 Å². The number of hydrogen-bond acceptors (Lipinski definition) is 6. The normalized spacial score (nSPS) is 10.9. The highest BCUT2D eigenvalue weighted by atomic mass is 35.5. The Morgan fingerprint density at radius 1 is 1.20 bits per heavy atom. The van der Waals surface area contributed by atoms with Crippen LogP contribution in [0.2, 0.25) is 5.15 Å². The molecule has 0 spiro atoms. The van der Waals surface area contributed by atoms with Gasteiger partial charge in [0.1, 0.15) is 11.7 Å². The van der Waals surface area contributed by atoms with E-state index in [2.05, 4.69) is 24.4 Å². The van der Waals surface area contributed by atoms with Gasteiger partial charge in [-0.05, 0) is 40.1 Å². The highest BCUT2D eigenvalue weighted by Crippen LogP contribution is 2.19. The van der Waals surface area contributed by atoms with Crippen molar-refractivity contribution in [1.82, 2.24) is 29.7 Å². The standard InChI is InChI=1S/C23H31ClN8O2.ClH/c1-6-31-16-9-8-15(23(34)30(5)11-10-29(3)4)12-17(16)32(7-2)19(31)14-27-22(33)20-21(25)26-13-18(24)28-20;/h8-9,12-13H,6-7,10-11,14H2,1-5H3,(H2-,25,26,27,33);1H. The molecule has 1 aromatic carbocycles. The first-order chi connectivity index (χ1) is 16.2. The topological polar surface area (TPSA) is 113 Å². The highest BCUT2D eigenvalue weighted by Gasteiger charge is 2.26. The minimum atomic E-state index is -0.457. The second-order valence-electron chi connectivity index (χ2n) is 8.25. The van der Waals surface area contributed by atoms with Crippen molar-refractivity contribution in [1.29, 1.82) is 0 Å². The van der Waals surface area contributed by atoms with Crippen molar-refractivity contribution in [3.05, 3.63) is 46.6 Å². The monoisotopic (exact) mass is 522 g/mol. The summed E-state index contributed by atoms with van der Waals surface area (Å²) in [6.45, 7) is 7.11. The number of amides is 2. The minimum absolute atomic E-state index is 0. The third-order valence-electron chi connectivity index (χ3n) is 5.68. The molecule has 0 aliphatic carbocycles. The molecule has 2 heterocycles. The average Bonchev–Trinajstić information content (AvgIpc) is 3.13. The van der Waals surface area contributed by atoms with Gasteiger partial charge in [-0.3, -0.25) is 9.59 Å². The van der Waals surface area contributed by atoms with Gasteiger partial charge in [-0.15, -0.1) is 0 Å². The van der Waals surface area contributed by atoms with Crippen LogP contribution in [0.1, 0.15) is 40.5 Å². The number of anilines is 1. The number of nitrogens with one attached hydrogen (secondary N) is 1. The molecule has 2 amide bonds. The number of fused-ring (bicyclic) bond motifs is 1. The zero-order chi connectivity index (χ0) is 25.0. The van der Waals surface area contributed by atoms with E-state index in [0.29, 0.717) is 25.2 Å². The molecule has 3 rings (SSSR count). The number of nitrogen functional groups attached to an aromatic ring is 1. The van der Waals surface area contributed by atoms with E-state index in [0.717, 1.165) is 23.4 Å². The SMILES string of the molecule is CCn1c(CNC(=O)c2nc(Cl)cnc2N)[n+](CC)c2ccc(C(=O)N(C)CCN(C)C)cc21.[Cl-]. The lowest BCUT2D eigenvalue weighted by Gasteiger charge is -2.19. The van der Waals surface area contributed by atoms with Gasteiger partial charge >= 0.3 is 0 Å². The lowest BCUT2D eigenvalue weighted by atomic mass is 10.1. The summed E-state index contributed by atoms with van der Waals surface area (Å²) in [5, 5.41) is 2.97. The summed E-state index contributed by atoms with van der Waals surface area (Å²) in [6.07, 6.45) is 1.30. The molecular formula is C23H32Cl2N8O2. The number of aryl methyl sites for hydroxylation is 2. The number of rotatable bonds is 9. The Morgan fingerprint density at radius 3 is 2.54 bits per heavy atom. The number of imidazole rings is 1. The van der Waals surface area contributed by atoms with E-state index in [9.17, 15) is 9.59 Å². The van der Waals surface area contributed by atoms with Crippen molar-refractivity contribution in [2.75, 3.05) is 40.0 Å². The summed E-state index contributed by atoms with van der Waals surface area (Å²) in [6, 6.07) is 5.74. The second kappa shape index (κ2) is 12.1. The fraction of sp³-hybridized carbons (Fsp3) is 0.435. The van der Waals surface area contributed by atoms with Gasteiger partial charge in [0, 0.05) is 31.8 Å². The molecule has 12 heteroatoms. The smallest absolute Gasteiger partial charge is 0.277 e. The van der Waals surface area contributed by atoms with Gasteiger partial charge in [-0.2, -0.15) is 0 Å². The van der Waals surface area contributed by atoms with E-state index in [1.807, 2.05) is 58.1 Å². The number of nitrogens with two attached hydrogens (primary N) is 1. The van der Waals surface area contributed by atoms with Crippen LogP contribution < -0.4 is 28.0 Å². The Morgan fingerprint density at radius 2 is 1.91 bits per heavy atom. The van der Waals surface area contributed by atoms with Gasteiger partial charge in [-0.1, -0.05) is 11.6 Å². The van der Waals surface area contributed by atoms with Crippen LogP contribution in [0, 0.1) is 0 Å². The Bertz CT molecular complexity index is 1210. The lowest BCUT2D eigenvalue weighted by molar-refractivity contribution is -0.676. The van der Waals surface area contributed by atoms with E-state index < -0.39 is 5.91 Å². The van der Waals surface area contributed by atoms with Crippen molar-refractivity contribution in [3.63, 3.8) is 0 Å². The van der Waals surface area contributed by atoms with Gasteiger partial charge < -0.3 is 33.3 Å². The van der Waals surface area contributed by atoms with E-state index >= 15 is 0 Å². The Hall–Kier alpha value is -2.95. The first-order valence-electron chi connectivity index (χ1n) is 11.2. The molecule has 3 aromatic rings. The molecule has 10 nitrogen and oxygen atoms in total. The molecule has 3 N–H and O–H groups in total. The van der Waals surface area contributed by atoms with E-state index in [1.54, 1.807) is 4.90 Å². The number of carbonyl (C=O) groups is 2. The third-order valence-corrected chi connectivity index (χ3v) is 5.86. The van der Waals surface area contributed by atoms with Gasteiger partial charge in [0.2, 0.25) is 0 Å². The van der Waals surface area contributed by atoms with Gasteiger partial charge in [0.05, 0.1) is 19.3 Å². The second-order valence-corrected chi connectivity index (χ2v) is 8.63. The number of benzene rings is 1. The Kier molecular flexibility index (Phi) is 9.82. The average molecular weight is 523 g/mol. The summed E-state index contributed by atoms with van der Waals surface area (Å²) in [5.74, 6) is 0.428. The fourth-order valence-corrected chi connectivity index (χ4v) is 4.01. The Balaban J connectivity index is 0.00000432. The molecule has 0 fully saturated rings. The van der Waals surface area contributed by atoms with Crippen LogP contribution in [0.25, 0.3) is 11.0 Å². The maximum absolute atomic E-state index is 13.0. The van der Waals surface area contributed by atoms with E-state index in [4.69, 9.17) is 17.3 Å². The molecule has 2 aromatic heterocycles. The lowest BCUT2D eigenvalue weighted by Crippen LogP contribution is -3.00. The molecule has 0 radical (unpaired) electrons. The number of carbonyl (C=O) groups excluding carboxylic acids is 2. The van der Waals surface area contributed by atoms with Crippen molar-refractivity contribution >= 4 is 40.3 Å². The fourth-order valence-electron chi connectivity index (χ4n) is 3.88. The van der Waals surface area contributed by atoms with E-state index in [-0.39, 0.29) is 41.5 Å². The number of aromatic nitrogens is 4. The summed E-state index contributed by atoms with van der Waals surface area (Å²) >= 11 is 5.87. The van der Waals surface area contributed by atoms with Gasteiger partial charge in [-0.25, -0.2) is 19.1 Å². The molecule has 0 aliphatic heterocycles. The molecule has 0 saturated carbocycles. The number of hydrogen-bond donors (Lipinski definition) is 2. The molecule has 35 heavy (non-hydrogen) atoms. The molecule has 190 valence electrons. The van der Waals surface area contributed by atoms with Crippen LogP contribution >= 0.6 is 11.6 Å². The maximum Gasteiger partial charge on any atom is 0.277 e. The molecule has 0 aliphatic rings. The van der Waals surface area contributed by atoms with Gasteiger partial charge in [0.15, 0.2) is 22.5 Å². The largest absolute Gasteiger partial charge is 1.00 e. The van der Waals surface area contributed by atoms with Crippen LogP contribution in [-0.2, 0) is 19.6 Å². The maximum atomic E-state index is 13.0. The minimum Gasteiger partial charge on any atom is -1.00 e. The van der Waals surface area contributed by atoms with Crippen LogP contribution in [0.15, 0.2) is 24.4 Å². The first kappa shape index (κ1) is 28.3. The molecule has 0 bridgehead atoms. The first-order valence-corrected chi connectivity index (χ1v) is 11.6. The highest BCUT2D eigenvalue weighted by molar-refractivity contribution is 6.29. The molecule has 0 unspecified atom stereocenters. The predicted molar refractivity (Wildman–Crippen MR) is 132 cm³/mol. The zero-order valence-corrected chi connectivity index (χ0v) is 22.2. The molecule has 0 saturated heterocycles. The Labute approximate surface area is 216 Å². The summed E-state index contributed by atoms with van der Waals surface area (Å²) in [5.41, 5.74) is 8.34. The third kappa shape index (κ3) is 6.19.